The first kappa shape index (κ1) is 31.1. The number of rotatable bonds is 5. The summed E-state index contributed by atoms with van der Waals surface area (Å²) in [5.41, 5.74) is 11.3. The summed E-state index contributed by atoms with van der Waals surface area (Å²) in [6.07, 6.45) is 0. The third-order valence-electron chi connectivity index (χ3n) is 10.5. The van der Waals surface area contributed by atoms with Crippen LogP contribution in [0.5, 0.6) is 0 Å². The normalized spacial score (nSPS) is 11.7. The summed E-state index contributed by atoms with van der Waals surface area (Å²) in [4.78, 5) is 10.5. The fourth-order valence-corrected chi connectivity index (χ4v) is 9.48. The molecule has 0 aliphatic rings. The summed E-state index contributed by atoms with van der Waals surface area (Å²) in [6, 6.07) is 65.9. The van der Waals surface area contributed by atoms with Crippen molar-refractivity contribution in [3.8, 4) is 54.5 Å². The van der Waals surface area contributed by atoms with Gasteiger partial charge in [0.05, 0.1) is 20.4 Å². The number of thiazole rings is 2. The average Bonchev–Trinajstić information content (AvgIpc) is 3.87. The molecule has 2 aromatic heterocycles. The van der Waals surface area contributed by atoms with Crippen LogP contribution in [0.3, 0.4) is 0 Å². The number of benzene rings is 9. The van der Waals surface area contributed by atoms with Gasteiger partial charge in [0.25, 0.3) is 0 Å². The molecule has 252 valence electrons. The summed E-state index contributed by atoms with van der Waals surface area (Å²) >= 11 is 3.49. The zero-order valence-corrected chi connectivity index (χ0v) is 30.7. The van der Waals surface area contributed by atoms with E-state index in [0.29, 0.717) is 0 Å². The fraction of sp³-hybridized carbons (Fsp3) is 0. The van der Waals surface area contributed by atoms with Gasteiger partial charge in [-0.3, -0.25) is 0 Å². The van der Waals surface area contributed by atoms with E-state index in [1.165, 1.54) is 69.5 Å². The number of hydrogen-bond donors (Lipinski definition) is 0. The Labute approximate surface area is 320 Å². The molecule has 2 heterocycles. The lowest BCUT2D eigenvalue weighted by atomic mass is 9.97. The molecule has 0 aliphatic carbocycles. The maximum atomic E-state index is 5.26. The molecule has 4 heteroatoms. The van der Waals surface area contributed by atoms with Crippen molar-refractivity contribution in [1.82, 2.24) is 9.97 Å². The lowest BCUT2D eigenvalue weighted by Gasteiger charge is -2.09. The zero-order chi connectivity index (χ0) is 35.6. The molecular formula is C50H30N2S2. The van der Waals surface area contributed by atoms with Gasteiger partial charge in [-0.05, 0) is 126 Å². The van der Waals surface area contributed by atoms with Crippen LogP contribution in [0.2, 0.25) is 0 Å². The molecule has 0 N–H and O–H groups in total. The second kappa shape index (κ2) is 12.6. The van der Waals surface area contributed by atoms with E-state index in [1.54, 1.807) is 22.7 Å². The number of nitrogens with zero attached hydrogens (tertiary/aromatic N) is 2. The van der Waals surface area contributed by atoms with E-state index in [9.17, 15) is 0 Å². The SMILES string of the molecule is c1ccc2cc(-c3cc(-c4nc5cc(-c6ccc7ccccc7c6)ccc5s4)cc(-c4nc5cc(-c6ccc7ccccc7c6)ccc5s4)c3)ccc2c1. The molecule has 0 spiro atoms. The van der Waals surface area contributed by atoms with Gasteiger partial charge < -0.3 is 0 Å². The van der Waals surface area contributed by atoms with E-state index < -0.39 is 0 Å². The van der Waals surface area contributed by atoms with Crippen molar-refractivity contribution < 1.29 is 0 Å². The minimum atomic E-state index is 1.00. The molecule has 0 amide bonds. The second-order valence-corrected chi connectivity index (χ2v) is 15.9. The van der Waals surface area contributed by atoms with Crippen LogP contribution in [-0.4, -0.2) is 9.97 Å². The Morgan fingerprint density at radius 1 is 0.259 bits per heavy atom. The van der Waals surface area contributed by atoms with Crippen LogP contribution in [0.4, 0.5) is 0 Å². The topological polar surface area (TPSA) is 25.8 Å². The minimum absolute atomic E-state index is 1.00. The smallest absolute Gasteiger partial charge is 0.124 e. The average molecular weight is 723 g/mol. The van der Waals surface area contributed by atoms with Gasteiger partial charge in [0, 0.05) is 11.1 Å². The van der Waals surface area contributed by atoms with Crippen LogP contribution in [0, 0.1) is 0 Å². The monoisotopic (exact) mass is 722 g/mol. The Kier molecular flexibility index (Phi) is 7.25. The molecule has 0 radical (unpaired) electrons. The van der Waals surface area contributed by atoms with Crippen LogP contribution in [-0.2, 0) is 0 Å². The van der Waals surface area contributed by atoms with Gasteiger partial charge in [0.2, 0.25) is 0 Å². The van der Waals surface area contributed by atoms with Crippen molar-refractivity contribution in [3.05, 3.63) is 182 Å². The lowest BCUT2D eigenvalue weighted by Crippen LogP contribution is -1.86. The molecule has 11 aromatic rings. The highest BCUT2D eigenvalue weighted by molar-refractivity contribution is 7.22. The molecule has 0 unspecified atom stereocenters. The summed E-state index contributed by atoms with van der Waals surface area (Å²) in [6.45, 7) is 0. The number of fused-ring (bicyclic) bond motifs is 5. The first-order valence-corrected chi connectivity index (χ1v) is 19.7. The van der Waals surface area contributed by atoms with E-state index in [0.717, 1.165) is 37.7 Å². The van der Waals surface area contributed by atoms with Gasteiger partial charge in [-0.15, -0.1) is 22.7 Å². The Morgan fingerprint density at radius 3 is 1.02 bits per heavy atom. The maximum Gasteiger partial charge on any atom is 0.124 e. The second-order valence-electron chi connectivity index (χ2n) is 13.9. The van der Waals surface area contributed by atoms with Crippen LogP contribution in [0.1, 0.15) is 0 Å². The highest BCUT2D eigenvalue weighted by atomic mass is 32.1. The predicted octanol–water partition coefficient (Wildman–Crippen LogP) is 14.7. The standard InChI is InChI=1S/C50H30N2S2/c1-4-10-34-23-37(16-13-31(34)7-1)40-19-21-47-45(29-40)51-49(53-47)43-26-42(39-18-15-33-9-3-6-12-36(33)25-39)27-44(28-43)50-52-46-30-41(20-22-48(46)54-50)38-17-14-32-8-2-5-11-35(32)24-38/h1-30H. The van der Waals surface area contributed by atoms with Crippen molar-refractivity contribution in [2.45, 2.75) is 0 Å². The van der Waals surface area contributed by atoms with E-state index in [-0.39, 0.29) is 0 Å². The molecule has 9 aromatic carbocycles. The molecule has 0 bridgehead atoms. The van der Waals surface area contributed by atoms with Crippen molar-refractivity contribution in [3.63, 3.8) is 0 Å². The molecule has 54 heavy (non-hydrogen) atoms. The van der Waals surface area contributed by atoms with Gasteiger partial charge in [-0.2, -0.15) is 0 Å². The molecule has 11 rings (SSSR count). The molecule has 0 aliphatic heterocycles. The Balaban J connectivity index is 1.02. The Morgan fingerprint density at radius 2 is 0.593 bits per heavy atom. The van der Waals surface area contributed by atoms with Crippen molar-refractivity contribution in [2.24, 2.45) is 0 Å². The quantitative estimate of drug-likeness (QED) is 0.177. The fourth-order valence-electron chi connectivity index (χ4n) is 7.61. The predicted molar refractivity (Wildman–Crippen MR) is 232 cm³/mol. The van der Waals surface area contributed by atoms with E-state index in [4.69, 9.17) is 9.97 Å². The summed E-state index contributed by atoms with van der Waals surface area (Å²) in [5, 5.41) is 9.45. The molecule has 0 saturated carbocycles. The van der Waals surface area contributed by atoms with Crippen LogP contribution in [0.25, 0.3) is 107 Å². The highest BCUT2D eigenvalue weighted by Crippen LogP contribution is 2.40. The first-order valence-electron chi connectivity index (χ1n) is 18.1. The molecule has 0 atom stereocenters. The third-order valence-corrected chi connectivity index (χ3v) is 12.6. The van der Waals surface area contributed by atoms with Crippen LogP contribution < -0.4 is 0 Å². The zero-order valence-electron chi connectivity index (χ0n) is 29.0. The van der Waals surface area contributed by atoms with Crippen LogP contribution >= 0.6 is 22.7 Å². The lowest BCUT2D eigenvalue weighted by molar-refractivity contribution is 1.45. The number of aromatic nitrogens is 2. The van der Waals surface area contributed by atoms with E-state index in [2.05, 4.69) is 182 Å². The molecular weight excluding hydrogens is 693 g/mol. The summed E-state index contributed by atoms with van der Waals surface area (Å²) < 4.78 is 2.35. The summed E-state index contributed by atoms with van der Waals surface area (Å²) in [5.74, 6) is 0. The third kappa shape index (κ3) is 5.55. The highest BCUT2D eigenvalue weighted by Gasteiger charge is 2.15. The van der Waals surface area contributed by atoms with Gasteiger partial charge in [-0.1, -0.05) is 121 Å². The Hall–Kier alpha value is -6.46. The Bertz CT molecular complexity index is 3070. The van der Waals surface area contributed by atoms with Crippen molar-refractivity contribution >= 4 is 75.4 Å². The van der Waals surface area contributed by atoms with Crippen molar-refractivity contribution in [2.75, 3.05) is 0 Å². The van der Waals surface area contributed by atoms with Crippen molar-refractivity contribution in [1.29, 1.82) is 0 Å². The van der Waals surface area contributed by atoms with E-state index >= 15 is 0 Å². The van der Waals surface area contributed by atoms with Gasteiger partial charge >= 0.3 is 0 Å². The largest absolute Gasteiger partial charge is 0.236 e. The van der Waals surface area contributed by atoms with E-state index in [1.807, 2.05) is 0 Å². The molecule has 0 saturated heterocycles. The first-order chi connectivity index (χ1) is 26.7. The number of hydrogen-bond acceptors (Lipinski definition) is 4. The molecule has 2 nitrogen and oxygen atoms in total. The van der Waals surface area contributed by atoms with Gasteiger partial charge in [0.15, 0.2) is 0 Å². The minimum Gasteiger partial charge on any atom is -0.236 e. The van der Waals surface area contributed by atoms with Gasteiger partial charge in [-0.25, -0.2) is 9.97 Å². The summed E-state index contributed by atoms with van der Waals surface area (Å²) in [7, 11) is 0. The molecule has 0 fully saturated rings. The van der Waals surface area contributed by atoms with Crippen LogP contribution in [0.15, 0.2) is 182 Å². The van der Waals surface area contributed by atoms with Gasteiger partial charge in [0.1, 0.15) is 10.0 Å². The maximum absolute atomic E-state index is 5.26.